The molecule has 1 aliphatic rings. The zero-order valence-electron chi connectivity index (χ0n) is 12.3. The second-order valence-electron chi connectivity index (χ2n) is 4.84. The van der Waals surface area contributed by atoms with Gasteiger partial charge in [0.05, 0.1) is 5.70 Å². The van der Waals surface area contributed by atoms with Crippen LogP contribution < -0.4 is 10.6 Å². The molecule has 2 aromatic rings. The van der Waals surface area contributed by atoms with Gasteiger partial charge in [-0.05, 0) is 24.3 Å². The van der Waals surface area contributed by atoms with Gasteiger partial charge in [-0.25, -0.2) is 0 Å². The lowest BCUT2D eigenvalue weighted by molar-refractivity contribution is -0.105. The van der Waals surface area contributed by atoms with Gasteiger partial charge in [0.15, 0.2) is 0 Å². The van der Waals surface area contributed by atoms with Crippen molar-refractivity contribution in [1.29, 1.82) is 0 Å². The summed E-state index contributed by atoms with van der Waals surface area (Å²) in [7, 11) is 1.52. The average Bonchev–Trinajstić information content (AvgIpc) is 2.89. The lowest BCUT2D eigenvalue weighted by Gasteiger charge is -2.07. The first-order chi connectivity index (χ1) is 11.2. The van der Waals surface area contributed by atoms with Crippen molar-refractivity contribution in [2.75, 3.05) is 17.7 Å². The first kappa shape index (κ1) is 15.3. The Hall–Kier alpha value is -2.60. The lowest BCUT2D eigenvalue weighted by atomic mass is 10.1. The third-order valence-corrected chi connectivity index (χ3v) is 3.91. The Kier molecular flexibility index (Phi) is 4.43. The quantitative estimate of drug-likeness (QED) is 0.633. The topological polar surface area (TPSA) is 62.7 Å². The molecular formula is C17H14BrN3O2. The van der Waals surface area contributed by atoms with Gasteiger partial charge >= 0.3 is 0 Å². The fraction of sp³-hybridized carbons (Fsp3) is 0.0588. The predicted octanol–water partition coefficient (Wildman–Crippen LogP) is 3.83. The van der Waals surface area contributed by atoms with Crippen LogP contribution in [-0.2, 0) is 9.63 Å². The number of carbonyl (C=O) groups excluding carboxylic acids is 1. The molecular weight excluding hydrogens is 358 g/mol. The van der Waals surface area contributed by atoms with Crippen LogP contribution in [0.2, 0.25) is 0 Å². The number of amides is 1. The molecule has 0 fully saturated rings. The highest BCUT2D eigenvalue weighted by Crippen LogP contribution is 2.31. The van der Waals surface area contributed by atoms with Crippen LogP contribution in [0.25, 0.3) is 6.08 Å². The number of hydrogen-bond donors (Lipinski definition) is 2. The van der Waals surface area contributed by atoms with Crippen molar-refractivity contribution >= 4 is 45.5 Å². The molecule has 3 rings (SSSR count). The van der Waals surface area contributed by atoms with Crippen LogP contribution in [-0.4, -0.2) is 19.2 Å². The van der Waals surface area contributed by atoms with Crippen LogP contribution in [0.5, 0.6) is 0 Å². The maximum absolute atomic E-state index is 10.8. The summed E-state index contributed by atoms with van der Waals surface area (Å²) in [5.41, 5.74) is 5.04. The van der Waals surface area contributed by atoms with E-state index < -0.39 is 0 Å². The Bertz CT molecular complexity index is 815. The van der Waals surface area contributed by atoms with Gasteiger partial charge in [-0.1, -0.05) is 45.4 Å². The van der Waals surface area contributed by atoms with Crippen molar-refractivity contribution < 1.29 is 9.63 Å². The van der Waals surface area contributed by atoms with E-state index in [1.165, 1.54) is 7.11 Å². The third kappa shape index (κ3) is 3.12. The average molecular weight is 372 g/mol. The number of nitrogens with zero attached hydrogens (tertiary/aromatic N) is 1. The number of rotatable bonds is 4. The first-order valence-corrected chi connectivity index (χ1v) is 7.71. The maximum atomic E-state index is 10.8. The molecule has 0 radical (unpaired) electrons. The van der Waals surface area contributed by atoms with E-state index >= 15 is 0 Å². The maximum Gasteiger partial charge on any atom is 0.211 e. The summed E-state index contributed by atoms with van der Waals surface area (Å²) in [5.74, 6) is 0. The molecule has 116 valence electrons. The van der Waals surface area contributed by atoms with Crippen LogP contribution in [0.1, 0.15) is 11.1 Å². The van der Waals surface area contributed by atoms with Crippen LogP contribution in [0.4, 0.5) is 11.4 Å². The van der Waals surface area contributed by atoms with E-state index in [4.69, 9.17) is 4.84 Å². The van der Waals surface area contributed by atoms with E-state index in [2.05, 4.69) is 31.7 Å². The Morgan fingerprint density at radius 2 is 2.09 bits per heavy atom. The molecule has 23 heavy (non-hydrogen) atoms. The van der Waals surface area contributed by atoms with Gasteiger partial charge in [0.1, 0.15) is 12.8 Å². The van der Waals surface area contributed by atoms with Gasteiger partial charge in [0.25, 0.3) is 0 Å². The number of oxime groups is 1. The fourth-order valence-electron chi connectivity index (χ4n) is 2.44. The first-order valence-electron chi connectivity index (χ1n) is 6.92. The monoisotopic (exact) mass is 371 g/mol. The standard InChI is InChI=1S/C17H14BrN3O2/c1-23-21-17-13-4-2-3-5-14(13)20-16(17)8-11-6-7-12(18)9-15(11)19-10-22/h2-10,20H,1H3,(H,19,22)/b16-8+,21-17?. The smallest absolute Gasteiger partial charge is 0.211 e. The summed E-state index contributed by atoms with van der Waals surface area (Å²) in [6.07, 6.45) is 2.58. The molecule has 6 heteroatoms. The van der Waals surface area contributed by atoms with Crippen LogP contribution >= 0.6 is 15.9 Å². The van der Waals surface area contributed by atoms with Crippen molar-refractivity contribution in [2.45, 2.75) is 0 Å². The zero-order valence-corrected chi connectivity index (χ0v) is 13.9. The minimum absolute atomic E-state index is 0.658. The number of carbonyl (C=O) groups is 1. The molecule has 0 bridgehead atoms. The summed E-state index contributed by atoms with van der Waals surface area (Å²) in [6, 6.07) is 13.5. The Morgan fingerprint density at radius 1 is 1.26 bits per heavy atom. The summed E-state index contributed by atoms with van der Waals surface area (Å²) in [6.45, 7) is 0. The molecule has 0 aliphatic carbocycles. The Labute approximate surface area is 142 Å². The molecule has 0 aromatic heterocycles. The van der Waals surface area contributed by atoms with Gasteiger partial charge in [0.2, 0.25) is 6.41 Å². The number of anilines is 2. The van der Waals surface area contributed by atoms with Crippen molar-refractivity contribution in [3.63, 3.8) is 0 Å². The second-order valence-corrected chi connectivity index (χ2v) is 5.76. The van der Waals surface area contributed by atoms with Crippen LogP contribution in [0, 0.1) is 0 Å². The van der Waals surface area contributed by atoms with E-state index in [1.807, 2.05) is 48.5 Å². The Morgan fingerprint density at radius 3 is 2.87 bits per heavy atom. The summed E-state index contributed by atoms with van der Waals surface area (Å²) >= 11 is 3.40. The van der Waals surface area contributed by atoms with Crippen molar-refractivity contribution in [3.05, 3.63) is 63.8 Å². The molecule has 5 nitrogen and oxygen atoms in total. The van der Waals surface area contributed by atoms with Crippen LogP contribution in [0.15, 0.2) is 57.8 Å². The SMILES string of the molecule is CON=C1/C(=C\c2ccc(Br)cc2NC=O)Nc2ccccc21. The molecule has 0 spiro atoms. The number of allylic oxidation sites excluding steroid dienone is 1. The zero-order chi connectivity index (χ0) is 16.2. The molecule has 0 unspecified atom stereocenters. The van der Waals surface area contributed by atoms with E-state index in [1.54, 1.807) is 0 Å². The van der Waals surface area contributed by atoms with Gasteiger partial charge in [-0.15, -0.1) is 0 Å². The molecule has 1 aliphatic heterocycles. The van der Waals surface area contributed by atoms with Gasteiger partial charge in [0, 0.05) is 27.0 Å². The molecule has 1 heterocycles. The normalized spacial score (nSPS) is 16.1. The number of fused-ring (bicyclic) bond motifs is 1. The third-order valence-electron chi connectivity index (χ3n) is 3.42. The Balaban J connectivity index is 2.07. The summed E-state index contributed by atoms with van der Waals surface area (Å²) < 4.78 is 0.887. The minimum atomic E-state index is 0.658. The molecule has 0 atom stereocenters. The number of para-hydroxylation sites is 1. The summed E-state index contributed by atoms with van der Waals surface area (Å²) in [5, 5.41) is 10.2. The minimum Gasteiger partial charge on any atom is -0.399 e. The number of nitrogens with one attached hydrogen (secondary N) is 2. The van der Waals surface area contributed by atoms with Gasteiger partial charge in [-0.3, -0.25) is 4.79 Å². The molecule has 0 saturated heterocycles. The highest BCUT2D eigenvalue weighted by molar-refractivity contribution is 9.10. The molecule has 2 aromatic carbocycles. The van der Waals surface area contributed by atoms with Gasteiger partial charge in [-0.2, -0.15) is 0 Å². The fourth-order valence-corrected chi connectivity index (χ4v) is 2.80. The van der Waals surface area contributed by atoms with E-state index in [9.17, 15) is 4.79 Å². The molecule has 2 N–H and O–H groups in total. The second kappa shape index (κ2) is 6.66. The largest absolute Gasteiger partial charge is 0.399 e. The number of hydrogen-bond acceptors (Lipinski definition) is 4. The van der Waals surface area contributed by atoms with Gasteiger partial charge < -0.3 is 15.5 Å². The number of halogens is 1. The van der Waals surface area contributed by atoms with Crippen molar-refractivity contribution in [3.8, 4) is 0 Å². The van der Waals surface area contributed by atoms with E-state index in [0.29, 0.717) is 12.1 Å². The summed E-state index contributed by atoms with van der Waals surface area (Å²) in [4.78, 5) is 15.8. The van der Waals surface area contributed by atoms with Crippen molar-refractivity contribution in [2.24, 2.45) is 5.16 Å². The van der Waals surface area contributed by atoms with Crippen molar-refractivity contribution in [1.82, 2.24) is 0 Å². The van der Waals surface area contributed by atoms with Crippen LogP contribution in [0.3, 0.4) is 0 Å². The number of benzene rings is 2. The molecule has 1 amide bonds. The van der Waals surface area contributed by atoms with E-state index in [0.717, 1.165) is 32.7 Å². The van der Waals surface area contributed by atoms with E-state index in [-0.39, 0.29) is 0 Å². The highest BCUT2D eigenvalue weighted by Gasteiger charge is 2.23. The predicted molar refractivity (Wildman–Crippen MR) is 95.4 cm³/mol. The lowest BCUT2D eigenvalue weighted by Crippen LogP contribution is -2.04. The highest BCUT2D eigenvalue weighted by atomic mass is 79.9. The molecule has 0 saturated carbocycles.